The molecule has 10 heteroatoms. The Balaban J connectivity index is 1.52. The van der Waals surface area contributed by atoms with Gasteiger partial charge in [0.25, 0.3) is 5.56 Å². The number of nitrogens with zero attached hydrogens (tertiary/aromatic N) is 1. The first-order valence-corrected chi connectivity index (χ1v) is 12.5. The number of H-pyrrole nitrogens is 2. The first-order valence-electron chi connectivity index (χ1n) is 12.5. The van der Waals surface area contributed by atoms with Crippen LogP contribution in [0, 0.1) is 18.6 Å². The zero-order chi connectivity index (χ0) is 28.4. The number of hydrogen-bond donors (Lipinski definition) is 4. The molecule has 5 rings (SSSR count). The maximum atomic E-state index is 14.0. The van der Waals surface area contributed by atoms with Crippen molar-refractivity contribution >= 4 is 22.8 Å². The second-order valence-electron chi connectivity index (χ2n) is 9.54. The van der Waals surface area contributed by atoms with Crippen LogP contribution in [0.4, 0.5) is 8.78 Å². The second kappa shape index (κ2) is 10.9. The van der Waals surface area contributed by atoms with Crippen LogP contribution >= 0.6 is 0 Å². The molecule has 0 radical (unpaired) electrons. The summed E-state index contributed by atoms with van der Waals surface area (Å²) >= 11 is 0. The Kier molecular flexibility index (Phi) is 7.24. The van der Waals surface area contributed by atoms with E-state index in [1.165, 1.54) is 12.1 Å². The lowest BCUT2D eigenvalue weighted by molar-refractivity contribution is -0.121. The molecule has 40 heavy (non-hydrogen) atoms. The molecule has 5 aromatic rings. The van der Waals surface area contributed by atoms with Gasteiger partial charge in [-0.1, -0.05) is 18.2 Å². The summed E-state index contributed by atoms with van der Waals surface area (Å²) < 4.78 is 28.1. The Hall–Kier alpha value is -5.12. The third-order valence-electron chi connectivity index (χ3n) is 6.62. The van der Waals surface area contributed by atoms with Gasteiger partial charge in [0.2, 0.25) is 11.8 Å². The lowest BCUT2D eigenvalue weighted by Crippen LogP contribution is -2.32. The van der Waals surface area contributed by atoms with Crippen molar-refractivity contribution in [3.8, 4) is 11.1 Å². The van der Waals surface area contributed by atoms with E-state index in [4.69, 9.17) is 5.73 Å². The normalized spacial score (nSPS) is 11.9. The highest BCUT2D eigenvalue weighted by Crippen LogP contribution is 2.30. The number of aromatic nitrogens is 3. The summed E-state index contributed by atoms with van der Waals surface area (Å²) in [6.45, 7) is 1.69. The van der Waals surface area contributed by atoms with Crippen LogP contribution in [0.15, 0.2) is 77.9 Å². The molecular weight excluding hydrogens is 516 g/mol. The molecule has 0 fully saturated rings. The largest absolute Gasteiger partial charge is 0.366 e. The smallest absolute Gasteiger partial charge is 0.251 e. The van der Waals surface area contributed by atoms with Crippen LogP contribution in [0.1, 0.15) is 38.8 Å². The minimum absolute atomic E-state index is 0.0316. The van der Waals surface area contributed by atoms with Gasteiger partial charge in [-0.3, -0.25) is 19.4 Å². The quantitative estimate of drug-likeness (QED) is 0.234. The van der Waals surface area contributed by atoms with Gasteiger partial charge in [0.05, 0.1) is 29.2 Å². The Morgan fingerprint density at radius 3 is 2.58 bits per heavy atom. The lowest BCUT2D eigenvalue weighted by Gasteiger charge is -2.22. The number of amides is 2. The van der Waals surface area contributed by atoms with Crippen molar-refractivity contribution in [3.63, 3.8) is 0 Å². The number of carbonyl (C=O) groups is 2. The van der Waals surface area contributed by atoms with E-state index in [2.05, 4.69) is 20.3 Å². The number of carbonyl (C=O) groups excluding carboxylic acids is 2. The molecule has 3 heterocycles. The fourth-order valence-electron chi connectivity index (χ4n) is 4.76. The molecule has 5 N–H and O–H groups in total. The van der Waals surface area contributed by atoms with E-state index >= 15 is 0 Å². The van der Waals surface area contributed by atoms with Crippen molar-refractivity contribution in [2.45, 2.75) is 25.8 Å². The highest BCUT2D eigenvalue weighted by molar-refractivity contribution is 5.94. The van der Waals surface area contributed by atoms with Gasteiger partial charge in [0, 0.05) is 40.7 Å². The third-order valence-corrected chi connectivity index (χ3v) is 6.62. The van der Waals surface area contributed by atoms with Crippen molar-refractivity contribution < 1.29 is 18.4 Å². The molecule has 0 bridgehead atoms. The topological polar surface area (TPSA) is 134 Å². The Bertz CT molecular complexity index is 1790. The Labute approximate surface area is 227 Å². The van der Waals surface area contributed by atoms with Gasteiger partial charge in [-0.25, -0.2) is 8.78 Å². The minimum Gasteiger partial charge on any atom is -0.366 e. The SMILES string of the molecule is Cc1cc2[nH]cc(CC(=O)N[C@@H](Cc3cc(F)cc(F)c3)c3ncccc3-c3cccc(C(N)=O)c3)c2[nH]c1=O. The number of nitrogens with one attached hydrogen (secondary N) is 3. The number of pyridine rings is 2. The summed E-state index contributed by atoms with van der Waals surface area (Å²) in [4.78, 5) is 47.7. The fraction of sp³-hybridized carbons (Fsp3) is 0.133. The molecule has 3 aromatic heterocycles. The number of benzene rings is 2. The van der Waals surface area contributed by atoms with Gasteiger partial charge in [0.1, 0.15) is 11.6 Å². The number of rotatable bonds is 8. The van der Waals surface area contributed by atoms with E-state index in [0.717, 1.165) is 6.07 Å². The van der Waals surface area contributed by atoms with E-state index in [-0.39, 0.29) is 18.4 Å². The van der Waals surface area contributed by atoms with Crippen molar-refractivity contribution in [2.24, 2.45) is 5.73 Å². The Morgan fingerprint density at radius 2 is 1.82 bits per heavy atom. The number of halogens is 2. The number of nitrogens with two attached hydrogens (primary N) is 1. The zero-order valence-corrected chi connectivity index (χ0v) is 21.4. The van der Waals surface area contributed by atoms with E-state index in [1.54, 1.807) is 61.8 Å². The van der Waals surface area contributed by atoms with Gasteiger partial charge in [-0.05, 0) is 60.9 Å². The number of hydrogen-bond acceptors (Lipinski definition) is 4. The minimum atomic E-state index is -0.798. The van der Waals surface area contributed by atoms with Crippen LogP contribution in [-0.4, -0.2) is 26.8 Å². The van der Waals surface area contributed by atoms with E-state index in [1.807, 2.05) is 0 Å². The van der Waals surface area contributed by atoms with Gasteiger partial charge < -0.3 is 21.0 Å². The number of aryl methyl sites for hydroxylation is 1. The highest BCUT2D eigenvalue weighted by Gasteiger charge is 2.23. The predicted molar refractivity (Wildman–Crippen MR) is 146 cm³/mol. The molecule has 1 atom stereocenters. The molecule has 0 aliphatic carbocycles. The monoisotopic (exact) mass is 541 g/mol. The molecule has 2 amide bonds. The second-order valence-corrected chi connectivity index (χ2v) is 9.54. The summed E-state index contributed by atoms with van der Waals surface area (Å²) in [6.07, 6.45) is 3.16. The van der Waals surface area contributed by atoms with E-state index in [0.29, 0.717) is 50.1 Å². The van der Waals surface area contributed by atoms with Gasteiger partial charge >= 0.3 is 0 Å². The maximum Gasteiger partial charge on any atom is 0.251 e. The van der Waals surface area contributed by atoms with Crippen LogP contribution < -0.4 is 16.6 Å². The number of fused-ring (bicyclic) bond motifs is 1. The van der Waals surface area contributed by atoms with Crippen molar-refractivity contribution in [1.82, 2.24) is 20.3 Å². The summed E-state index contributed by atoms with van der Waals surface area (Å²) in [5.41, 5.74) is 9.84. The van der Waals surface area contributed by atoms with Crippen LogP contribution in [0.3, 0.4) is 0 Å². The predicted octanol–water partition coefficient (Wildman–Crippen LogP) is 4.25. The van der Waals surface area contributed by atoms with Gasteiger partial charge in [-0.2, -0.15) is 0 Å². The summed E-state index contributed by atoms with van der Waals surface area (Å²) in [7, 11) is 0. The average Bonchev–Trinajstić information content (AvgIpc) is 3.28. The molecule has 0 saturated heterocycles. The Morgan fingerprint density at radius 1 is 1.05 bits per heavy atom. The summed E-state index contributed by atoms with van der Waals surface area (Å²) in [5.74, 6) is -2.48. The van der Waals surface area contributed by atoms with Crippen molar-refractivity contribution in [1.29, 1.82) is 0 Å². The van der Waals surface area contributed by atoms with Crippen LogP contribution in [0.5, 0.6) is 0 Å². The fourth-order valence-corrected chi connectivity index (χ4v) is 4.76. The molecule has 202 valence electrons. The molecule has 8 nitrogen and oxygen atoms in total. The molecule has 2 aromatic carbocycles. The maximum absolute atomic E-state index is 14.0. The first kappa shape index (κ1) is 26.5. The molecular formula is C30H25F2N5O3. The summed E-state index contributed by atoms with van der Waals surface area (Å²) in [5, 5.41) is 2.95. The van der Waals surface area contributed by atoms with Gasteiger partial charge in [0.15, 0.2) is 0 Å². The molecule has 0 aliphatic heterocycles. The molecule has 0 aliphatic rings. The molecule has 0 spiro atoms. The summed E-state index contributed by atoms with van der Waals surface area (Å²) in [6, 6.07) is 14.2. The lowest BCUT2D eigenvalue weighted by atomic mass is 9.94. The first-order chi connectivity index (χ1) is 19.2. The third kappa shape index (κ3) is 5.65. The van der Waals surface area contributed by atoms with Crippen molar-refractivity contribution in [3.05, 3.63) is 123 Å². The standard InChI is InChI=1S/C30H25F2N5O3/c1-16-8-24-27(37-30(16)40)20(15-35-24)13-26(38)36-25(11-17-9-21(31)14-22(32)10-17)28-23(6-3-7-34-28)18-4-2-5-19(12-18)29(33)39/h2-10,12,14-15,25,35H,11,13H2,1H3,(H2,33,39)(H,36,38)(H,37,40)/t25-/m0/s1. The highest BCUT2D eigenvalue weighted by atomic mass is 19.1. The number of aromatic amines is 2. The zero-order valence-electron chi connectivity index (χ0n) is 21.4. The van der Waals surface area contributed by atoms with Crippen LogP contribution in [-0.2, 0) is 17.6 Å². The van der Waals surface area contributed by atoms with Crippen LogP contribution in [0.25, 0.3) is 22.2 Å². The number of primary amides is 1. The molecule has 0 saturated carbocycles. The van der Waals surface area contributed by atoms with Crippen molar-refractivity contribution in [2.75, 3.05) is 0 Å². The van der Waals surface area contributed by atoms with E-state index < -0.39 is 29.5 Å². The average molecular weight is 542 g/mol. The molecule has 0 unspecified atom stereocenters. The van der Waals surface area contributed by atoms with E-state index in [9.17, 15) is 23.2 Å². The van der Waals surface area contributed by atoms with Crippen LogP contribution in [0.2, 0.25) is 0 Å². The van der Waals surface area contributed by atoms with Gasteiger partial charge in [-0.15, -0.1) is 0 Å².